The largest absolute Gasteiger partial charge is 0.313 e. The van der Waals surface area contributed by atoms with E-state index in [-0.39, 0.29) is 0 Å². The van der Waals surface area contributed by atoms with E-state index in [1.807, 2.05) is 0 Å². The molecule has 2 fully saturated rings. The van der Waals surface area contributed by atoms with E-state index in [0.29, 0.717) is 5.41 Å². The van der Waals surface area contributed by atoms with Gasteiger partial charge in [0.2, 0.25) is 0 Å². The number of rotatable bonds is 7. The molecule has 1 nitrogen and oxygen atoms in total. The number of nitrogens with one attached hydrogen (secondary N) is 1. The zero-order chi connectivity index (χ0) is 11.4. The molecule has 16 heavy (non-hydrogen) atoms. The van der Waals surface area contributed by atoms with Gasteiger partial charge in [-0.3, -0.25) is 0 Å². The van der Waals surface area contributed by atoms with Gasteiger partial charge < -0.3 is 5.32 Å². The van der Waals surface area contributed by atoms with Crippen LogP contribution in [0.15, 0.2) is 0 Å². The van der Waals surface area contributed by atoms with E-state index in [0.717, 1.165) is 12.0 Å². The molecule has 0 aromatic heterocycles. The van der Waals surface area contributed by atoms with Gasteiger partial charge in [-0.25, -0.2) is 0 Å². The molecule has 2 aliphatic rings. The summed E-state index contributed by atoms with van der Waals surface area (Å²) >= 11 is 0. The lowest BCUT2D eigenvalue weighted by atomic mass is 9.74. The second-order valence-electron chi connectivity index (χ2n) is 6.11. The quantitative estimate of drug-likeness (QED) is 0.684. The van der Waals surface area contributed by atoms with Gasteiger partial charge in [0.1, 0.15) is 0 Å². The highest BCUT2D eigenvalue weighted by Crippen LogP contribution is 2.47. The van der Waals surface area contributed by atoms with Gasteiger partial charge in [0, 0.05) is 6.04 Å². The van der Waals surface area contributed by atoms with Crippen molar-refractivity contribution in [3.05, 3.63) is 0 Å². The second-order valence-corrected chi connectivity index (χ2v) is 6.11. The van der Waals surface area contributed by atoms with Crippen molar-refractivity contribution in [1.29, 1.82) is 0 Å². The van der Waals surface area contributed by atoms with Crippen LogP contribution >= 0.6 is 0 Å². The molecule has 1 atom stereocenters. The van der Waals surface area contributed by atoms with Crippen LogP contribution in [0.5, 0.6) is 0 Å². The third kappa shape index (κ3) is 2.80. The molecule has 0 bridgehead atoms. The molecule has 0 heterocycles. The van der Waals surface area contributed by atoms with Gasteiger partial charge in [0.25, 0.3) is 0 Å². The van der Waals surface area contributed by atoms with Crippen molar-refractivity contribution in [1.82, 2.24) is 5.32 Å². The van der Waals surface area contributed by atoms with Gasteiger partial charge in [0.15, 0.2) is 0 Å². The van der Waals surface area contributed by atoms with Crippen LogP contribution in [0.2, 0.25) is 0 Å². The molecule has 0 aromatic carbocycles. The van der Waals surface area contributed by atoms with E-state index >= 15 is 0 Å². The van der Waals surface area contributed by atoms with Crippen molar-refractivity contribution in [2.24, 2.45) is 11.3 Å². The summed E-state index contributed by atoms with van der Waals surface area (Å²) in [7, 11) is 0. The van der Waals surface area contributed by atoms with Crippen molar-refractivity contribution in [3.63, 3.8) is 0 Å². The summed E-state index contributed by atoms with van der Waals surface area (Å²) in [4.78, 5) is 0. The first-order valence-electron chi connectivity index (χ1n) is 7.54. The lowest BCUT2D eigenvalue weighted by Gasteiger charge is -2.38. The maximum atomic E-state index is 3.87. The van der Waals surface area contributed by atoms with E-state index in [4.69, 9.17) is 0 Å². The Hall–Kier alpha value is -0.0400. The Kier molecular flexibility index (Phi) is 4.29. The monoisotopic (exact) mass is 223 g/mol. The standard InChI is InChI=1S/C15H29N/c1-3-11-16-14(12-13-7-8-13)15(4-2)9-5-6-10-15/h13-14,16H,3-12H2,1-2H3. The maximum absolute atomic E-state index is 3.87. The van der Waals surface area contributed by atoms with Gasteiger partial charge in [-0.15, -0.1) is 0 Å². The minimum atomic E-state index is 0.664. The van der Waals surface area contributed by atoms with Crippen LogP contribution in [0.25, 0.3) is 0 Å². The van der Waals surface area contributed by atoms with Crippen molar-refractivity contribution in [3.8, 4) is 0 Å². The molecule has 2 rings (SSSR count). The predicted molar refractivity (Wildman–Crippen MR) is 70.6 cm³/mol. The SMILES string of the molecule is CCCNC(CC1CC1)C1(CC)CCCC1. The topological polar surface area (TPSA) is 12.0 Å². The molecule has 0 aromatic rings. The highest BCUT2D eigenvalue weighted by atomic mass is 14.9. The summed E-state index contributed by atoms with van der Waals surface area (Å²) in [5, 5.41) is 3.87. The van der Waals surface area contributed by atoms with Crippen molar-refractivity contribution < 1.29 is 0 Å². The first-order chi connectivity index (χ1) is 7.80. The molecular weight excluding hydrogens is 194 g/mol. The third-order valence-electron chi connectivity index (χ3n) is 4.95. The van der Waals surface area contributed by atoms with E-state index < -0.39 is 0 Å². The molecule has 0 radical (unpaired) electrons. The average molecular weight is 223 g/mol. The van der Waals surface area contributed by atoms with Crippen LogP contribution in [-0.4, -0.2) is 12.6 Å². The zero-order valence-electron chi connectivity index (χ0n) is 11.2. The summed E-state index contributed by atoms with van der Waals surface area (Å²) in [5.74, 6) is 1.07. The third-order valence-corrected chi connectivity index (χ3v) is 4.95. The molecular formula is C15H29N. The summed E-state index contributed by atoms with van der Waals surface area (Å²) in [6, 6.07) is 0.826. The van der Waals surface area contributed by atoms with Crippen LogP contribution in [0.3, 0.4) is 0 Å². The van der Waals surface area contributed by atoms with Gasteiger partial charge >= 0.3 is 0 Å². The molecule has 2 aliphatic carbocycles. The van der Waals surface area contributed by atoms with E-state index in [1.54, 1.807) is 0 Å². The van der Waals surface area contributed by atoms with Gasteiger partial charge in [-0.1, -0.05) is 39.5 Å². The van der Waals surface area contributed by atoms with Crippen molar-refractivity contribution >= 4 is 0 Å². The van der Waals surface area contributed by atoms with Crippen LogP contribution in [-0.2, 0) is 0 Å². The average Bonchev–Trinajstić information content (AvgIpc) is 2.99. The van der Waals surface area contributed by atoms with Crippen molar-refractivity contribution in [2.45, 2.75) is 77.7 Å². The molecule has 2 saturated carbocycles. The Bertz CT molecular complexity index is 201. The van der Waals surface area contributed by atoms with Gasteiger partial charge in [-0.05, 0) is 50.0 Å². The Morgan fingerprint density at radius 1 is 1.19 bits per heavy atom. The maximum Gasteiger partial charge on any atom is 0.0126 e. The van der Waals surface area contributed by atoms with Crippen molar-refractivity contribution in [2.75, 3.05) is 6.54 Å². The Morgan fingerprint density at radius 3 is 2.38 bits per heavy atom. The van der Waals surface area contributed by atoms with Gasteiger partial charge in [0.05, 0.1) is 0 Å². The summed E-state index contributed by atoms with van der Waals surface area (Å²) in [6.07, 6.45) is 13.1. The highest BCUT2D eigenvalue weighted by molar-refractivity contribution is 4.96. The minimum absolute atomic E-state index is 0.664. The van der Waals surface area contributed by atoms with E-state index in [9.17, 15) is 0 Å². The lowest BCUT2D eigenvalue weighted by Crippen LogP contribution is -2.44. The minimum Gasteiger partial charge on any atom is -0.313 e. The van der Waals surface area contributed by atoms with Crippen LogP contribution in [0.1, 0.15) is 71.6 Å². The molecule has 1 N–H and O–H groups in total. The molecule has 94 valence electrons. The second kappa shape index (κ2) is 5.53. The van der Waals surface area contributed by atoms with Crippen LogP contribution in [0, 0.1) is 11.3 Å². The number of hydrogen-bond acceptors (Lipinski definition) is 1. The normalized spacial score (nSPS) is 25.9. The fraction of sp³-hybridized carbons (Fsp3) is 1.00. The summed E-state index contributed by atoms with van der Waals surface area (Å²) in [6.45, 7) is 5.92. The Balaban J connectivity index is 1.95. The van der Waals surface area contributed by atoms with E-state index in [2.05, 4.69) is 19.2 Å². The Labute approximate surface area is 101 Å². The van der Waals surface area contributed by atoms with Crippen LogP contribution in [0.4, 0.5) is 0 Å². The fourth-order valence-corrected chi connectivity index (χ4v) is 3.58. The molecule has 0 amide bonds. The first kappa shape index (κ1) is 12.4. The number of hydrogen-bond donors (Lipinski definition) is 1. The Morgan fingerprint density at radius 2 is 1.88 bits per heavy atom. The van der Waals surface area contributed by atoms with E-state index in [1.165, 1.54) is 64.3 Å². The molecule has 1 unspecified atom stereocenters. The van der Waals surface area contributed by atoms with Gasteiger partial charge in [-0.2, -0.15) is 0 Å². The summed E-state index contributed by atoms with van der Waals surface area (Å²) < 4.78 is 0. The molecule has 1 heteroatoms. The molecule has 0 spiro atoms. The van der Waals surface area contributed by atoms with Crippen LogP contribution < -0.4 is 5.32 Å². The first-order valence-corrected chi connectivity index (χ1v) is 7.54. The highest BCUT2D eigenvalue weighted by Gasteiger charge is 2.41. The predicted octanol–water partition coefficient (Wildman–Crippen LogP) is 4.13. The molecule has 0 aliphatic heterocycles. The fourth-order valence-electron chi connectivity index (χ4n) is 3.58. The molecule has 0 saturated heterocycles. The lowest BCUT2D eigenvalue weighted by molar-refractivity contribution is 0.171. The smallest absolute Gasteiger partial charge is 0.0126 e. The zero-order valence-corrected chi connectivity index (χ0v) is 11.2. The summed E-state index contributed by atoms with van der Waals surface area (Å²) in [5.41, 5.74) is 0.664.